The summed E-state index contributed by atoms with van der Waals surface area (Å²) in [6.07, 6.45) is 7.03. The van der Waals surface area contributed by atoms with Crippen LogP contribution in [0.4, 0.5) is 0 Å². The second-order valence-electron chi connectivity index (χ2n) is 9.07. The fraction of sp³-hybridized carbons (Fsp3) is 0.667. The van der Waals surface area contributed by atoms with Crippen LogP contribution in [0.5, 0.6) is 5.75 Å². The van der Waals surface area contributed by atoms with Crippen LogP contribution in [0.3, 0.4) is 0 Å². The molecule has 0 saturated heterocycles. The Kier molecular flexibility index (Phi) is 5.93. The third kappa shape index (κ3) is 5.08. The van der Waals surface area contributed by atoms with E-state index in [0.717, 1.165) is 12.8 Å². The van der Waals surface area contributed by atoms with Gasteiger partial charge in [-0.1, -0.05) is 50.5 Å². The molecule has 0 heterocycles. The zero-order valence-electron chi connectivity index (χ0n) is 16.7. The minimum absolute atomic E-state index is 0.00279. The second kappa shape index (κ2) is 7.89. The summed E-state index contributed by atoms with van der Waals surface area (Å²) in [5, 5.41) is 0. The van der Waals surface area contributed by atoms with E-state index >= 15 is 0 Å². The zero-order valence-corrected chi connectivity index (χ0v) is 17.6. The summed E-state index contributed by atoms with van der Waals surface area (Å²) in [7, 11) is -2.32. The van der Waals surface area contributed by atoms with E-state index < -0.39 is 20.2 Å². The maximum Gasteiger partial charge on any atom is 0.395 e. The van der Waals surface area contributed by atoms with Crippen molar-refractivity contribution in [1.82, 2.24) is 0 Å². The van der Waals surface area contributed by atoms with Gasteiger partial charge >= 0.3 is 14.1 Å². The highest BCUT2D eigenvalue weighted by molar-refractivity contribution is 7.34. The van der Waals surface area contributed by atoms with Crippen molar-refractivity contribution in [2.75, 3.05) is 0 Å². The summed E-state index contributed by atoms with van der Waals surface area (Å²) in [6, 6.07) is 6.67. The fourth-order valence-corrected chi connectivity index (χ4v) is 4.83. The second-order valence-corrected chi connectivity index (χ2v) is 9.96. The Balaban J connectivity index is 1.49. The van der Waals surface area contributed by atoms with E-state index in [0.29, 0.717) is 11.2 Å². The van der Waals surface area contributed by atoms with Crippen LogP contribution < -0.4 is 9.42 Å². The molecule has 3 rings (SSSR count). The minimum atomic E-state index is -2.32. The molecule has 27 heavy (non-hydrogen) atoms. The standard InChI is InChI=1S/C21H30NO4P/c1-15(19(23)25-18-13-21(14-18)11-5-6-12-21)22-27(24)26-17-9-7-16(8-10-17)20(2,3)4/h7-10,15,18H,5-6,11-14H2,1-4H3/t15-/m0/s1. The molecule has 0 aliphatic heterocycles. The monoisotopic (exact) mass is 391 g/mol. The van der Waals surface area contributed by atoms with E-state index in [1.807, 2.05) is 12.1 Å². The van der Waals surface area contributed by atoms with Crippen molar-refractivity contribution in [3.63, 3.8) is 0 Å². The smallest absolute Gasteiger partial charge is 0.395 e. The van der Waals surface area contributed by atoms with Crippen molar-refractivity contribution in [3.8, 4) is 5.75 Å². The summed E-state index contributed by atoms with van der Waals surface area (Å²) in [5.74, 6) is 0.0680. The first-order chi connectivity index (χ1) is 12.7. The number of rotatable bonds is 5. The molecular weight excluding hydrogens is 361 g/mol. The number of benzene rings is 1. The van der Waals surface area contributed by atoms with Crippen molar-refractivity contribution in [3.05, 3.63) is 29.8 Å². The largest absolute Gasteiger partial charge is 0.575 e. The molecule has 1 aromatic carbocycles. The van der Waals surface area contributed by atoms with E-state index in [1.165, 1.54) is 31.2 Å². The summed E-state index contributed by atoms with van der Waals surface area (Å²) < 4.78 is 14.8. The van der Waals surface area contributed by atoms with Crippen molar-refractivity contribution in [2.45, 2.75) is 83.8 Å². The SMILES string of the molecule is C[C@H](N=[P+]([O-])Oc1ccc(C(C)(C)C)cc1)C(=O)OC1CC2(CCCC2)C1. The average molecular weight is 391 g/mol. The molecule has 1 unspecified atom stereocenters. The van der Waals surface area contributed by atoms with Gasteiger partial charge in [-0.2, -0.15) is 0 Å². The number of ether oxygens (including phenoxy) is 1. The fourth-order valence-electron chi connectivity index (χ4n) is 4.10. The van der Waals surface area contributed by atoms with Crippen LogP contribution in [0.2, 0.25) is 0 Å². The lowest BCUT2D eigenvalue weighted by molar-refractivity contribution is -0.171. The van der Waals surface area contributed by atoms with E-state index in [9.17, 15) is 9.69 Å². The maximum absolute atomic E-state index is 12.2. The van der Waals surface area contributed by atoms with Gasteiger partial charge in [0.05, 0.1) is 0 Å². The predicted octanol–water partition coefficient (Wildman–Crippen LogP) is 4.87. The Bertz CT molecular complexity index is 694. The lowest BCUT2D eigenvalue weighted by Crippen LogP contribution is -2.42. The molecule has 0 aromatic heterocycles. The predicted molar refractivity (Wildman–Crippen MR) is 105 cm³/mol. The van der Waals surface area contributed by atoms with Gasteiger partial charge < -0.3 is 9.63 Å². The molecule has 0 N–H and O–H groups in total. The third-order valence-electron chi connectivity index (χ3n) is 5.78. The Labute approximate surface area is 163 Å². The molecule has 148 valence electrons. The first kappa shape index (κ1) is 20.3. The molecule has 2 aliphatic rings. The number of hydrogen-bond acceptors (Lipinski definition) is 5. The van der Waals surface area contributed by atoms with Gasteiger partial charge in [-0.05, 0) is 61.1 Å². The Morgan fingerprint density at radius 1 is 1.22 bits per heavy atom. The molecule has 2 atom stereocenters. The number of carbonyl (C=O) groups is 1. The third-order valence-corrected chi connectivity index (χ3v) is 6.68. The molecule has 1 spiro atoms. The Hall–Kier alpha value is -1.45. The van der Waals surface area contributed by atoms with E-state index in [4.69, 9.17) is 9.26 Å². The number of esters is 1. The van der Waals surface area contributed by atoms with Crippen molar-refractivity contribution < 1.29 is 18.9 Å². The molecule has 2 fully saturated rings. The van der Waals surface area contributed by atoms with Crippen LogP contribution >= 0.6 is 8.17 Å². The molecule has 2 aliphatic carbocycles. The molecular formula is C21H30NO4P. The van der Waals surface area contributed by atoms with Gasteiger partial charge in [-0.3, -0.25) is 4.52 Å². The van der Waals surface area contributed by atoms with Crippen molar-refractivity contribution in [1.29, 1.82) is 0 Å². The van der Waals surface area contributed by atoms with Gasteiger partial charge in [-0.25, -0.2) is 4.79 Å². The molecule has 0 amide bonds. The van der Waals surface area contributed by atoms with E-state index in [1.54, 1.807) is 19.1 Å². The first-order valence-electron chi connectivity index (χ1n) is 9.84. The van der Waals surface area contributed by atoms with Gasteiger partial charge in [-0.15, -0.1) is 0 Å². The summed E-state index contributed by atoms with van der Waals surface area (Å²) in [6.45, 7) is 7.99. The Morgan fingerprint density at radius 2 is 1.81 bits per heavy atom. The summed E-state index contributed by atoms with van der Waals surface area (Å²) in [4.78, 5) is 24.3. The highest BCUT2D eigenvalue weighted by atomic mass is 31.1. The zero-order chi connectivity index (χ0) is 19.7. The molecule has 0 bridgehead atoms. The highest BCUT2D eigenvalue weighted by Gasteiger charge is 2.47. The normalized spacial score (nSPS) is 21.0. The summed E-state index contributed by atoms with van der Waals surface area (Å²) >= 11 is 0. The lowest BCUT2D eigenvalue weighted by Gasteiger charge is -2.44. The van der Waals surface area contributed by atoms with E-state index in [-0.39, 0.29) is 11.5 Å². The van der Waals surface area contributed by atoms with Gasteiger partial charge in [0.1, 0.15) is 6.10 Å². The molecule has 0 radical (unpaired) electrons. The van der Waals surface area contributed by atoms with Crippen LogP contribution in [0.25, 0.3) is 0 Å². The minimum Gasteiger partial charge on any atom is -0.575 e. The molecule has 1 aromatic rings. The van der Waals surface area contributed by atoms with Crippen LogP contribution in [-0.4, -0.2) is 18.1 Å². The van der Waals surface area contributed by atoms with Gasteiger partial charge in [0.15, 0.2) is 11.8 Å². The van der Waals surface area contributed by atoms with Gasteiger partial charge in [0.2, 0.25) is 0 Å². The Morgan fingerprint density at radius 3 is 2.37 bits per heavy atom. The lowest BCUT2D eigenvalue weighted by atomic mass is 9.65. The van der Waals surface area contributed by atoms with Gasteiger partial charge in [0.25, 0.3) is 0 Å². The highest BCUT2D eigenvalue weighted by Crippen LogP contribution is 2.54. The quantitative estimate of drug-likeness (QED) is 0.530. The topological polar surface area (TPSA) is 71.0 Å². The first-order valence-corrected chi connectivity index (χ1v) is 11.0. The molecule has 6 heteroatoms. The van der Waals surface area contributed by atoms with Crippen molar-refractivity contribution in [2.24, 2.45) is 10.2 Å². The van der Waals surface area contributed by atoms with Crippen LogP contribution in [0, 0.1) is 5.41 Å². The van der Waals surface area contributed by atoms with Crippen LogP contribution in [0.1, 0.15) is 71.8 Å². The molecule has 2 saturated carbocycles. The van der Waals surface area contributed by atoms with E-state index in [2.05, 4.69) is 25.5 Å². The van der Waals surface area contributed by atoms with Gasteiger partial charge in [0, 0.05) is 0 Å². The average Bonchev–Trinajstić information content (AvgIpc) is 3.03. The number of carbonyl (C=O) groups excluding carboxylic acids is 1. The van der Waals surface area contributed by atoms with Crippen molar-refractivity contribution >= 4 is 14.1 Å². The molecule has 5 nitrogen and oxygen atoms in total. The number of hydrogen-bond donors (Lipinski definition) is 0. The maximum atomic E-state index is 12.2. The summed E-state index contributed by atoms with van der Waals surface area (Å²) in [5.41, 5.74) is 1.64. The number of nitrogens with zero attached hydrogens (tertiary/aromatic N) is 1. The van der Waals surface area contributed by atoms with Crippen LogP contribution in [-0.2, 0) is 14.9 Å². The van der Waals surface area contributed by atoms with Crippen LogP contribution in [0.15, 0.2) is 29.0 Å².